The van der Waals surface area contributed by atoms with Crippen molar-refractivity contribution in [2.24, 2.45) is 0 Å². The molecular weight excluding hydrogens is 246 g/mol. The first-order valence-corrected chi connectivity index (χ1v) is 6.86. The number of hydrogen-bond acceptors (Lipinski definition) is 2. The minimum absolute atomic E-state index is 0.0370. The molecule has 1 N–H and O–H groups in total. The molecule has 2 unspecified atom stereocenters. The monoisotopic (exact) mass is 268 g/mol. The van der Waals surface area contributed by atoms with Gasteiger partial charge in [0.05, 0.1) is 0 Å². The molecular formula is C15H22F2N2. The molecule has 106 valence electrons. The number of piperazine rings is 1. The van der Waals surface area contributed by atoms with E-state index in [2.05, 4.69) is 31.0 Å². The van der Waals surface area contributed by atoms with Crippen molar-refractivity contribution in [3.8, 4) is 0 Å². The molecule has 0 radical (unpaired) electrons. The van der Waals surface area contributed by atoms with Crippen molar-refractivity contribution >= 4 is 0 Å². The van der Waals surface area contributed by atoms with Crippen molar-refractivity contribution in [3.05, 3.63) is 35.4 Å². The maximum Gasteiger partial charge on any atom is 0.126 e. The Hall–Kier alpha value is -1.00. The van der Waals surface area contributed by atoms with Crippen molar-refractivity contribution in [1.82, 2.24) is 10.2 Å². The number of nitrogens with one attached hydrogen (secondary N) is 1. The zero-order valence-electron chi connectivity index (χ0n) is 11.8. The van der Waals surface area contributed by atoms with Crippen LogP contribution in [0.25, 0.3) is 0 Å². The molecule has 0 bridgehead atoms. The number of rotatable bonds is 3. The van der Waals surface area contributed by atoms with E-state index < -0.39 is 11.6 Å². The van der Waals surface area contributed by atoms with Crippen LogP contribution in [0.15, 0.2) is 18.2 Å². The molecule has 2 rings (SSSR count). The van der Waals surface area contributed by atoms with Crippen LogP contribution in [0.3, 0.4) is 0 Å². The van der Waals surface area contributed by atoms with Gasteiger partial charge >= 0.3 is 0 Å². The molecule has 2 nitrogen and oxygen atoms in total. The number of nitrogens with zero attached hydrogens (tertiary/aromatic N) is 1. The molecule has 0 aromatic heterocycles. The Bertz CT molecular complexity index is 430. The first-order chi connectivity index (χ1) is 8.93. The highest BCUT2D eigenvalue weighted by Crippen LogP contribution is 2.25. The van der Waals surface area contributed by atoms with Gasteiger partial charge in [-0.2, -0.15) is 0 Å². The Balaban J connectivity index is 2.18. The lowest BCUT2D eigenvalue weighted by Crippen LogP contribution is -2.61. The van der Waals surface area contributed by atoms with Gasteiger partial charge in [0.2, 0.25) is 0 Å². The maximum atomic E-state index is 13.3. The van der Waals surface area contributed by atoms with Crippen molar-refractivity contribution in [3.63, 3.8) is 0 Å². The summed E-state index contributed by atoms with van der Waals surface area (Å²) in [5, 5.41) is 3.47. The fourth-order valence-electron chi connectivity index (χ4n) is 2.65. The Kier molecular flexibility index (Phi) is 4.21. The van der Waals surface area contributed by atoms with Crippen LogP contribution in [0.4, 0.5) is 8.78 Å². The zero-order chi connectivity index (χ0) is 14.0. The zero-order valence-corrected chi connectivity index (χ0v) is 11.8. The Labute approximate surface area is 113 Å². The molecule has 1 aromatic carbocycles. The molecule has 0 saturated carbocycles. The molecule has 1 aromatic rings. The van der Waals surface area contributed by atoms with Crippen LogP contribution in [0.1, 0.15) is 32.8 Å². The highest BCUT2D eigenvalue weighted by atomic mass is 19.1. The van der Waals surface area contributed by atoms with Gasteiger partial charge in [-0.3, -0.25) is 4.90 Å². The van der Waals surface area contributed by atoms with Gasteiger partial charge in [0, 0.05) is 37.3 Å². The number of hydrogen-bond donors (Lipinski definition) is 1. The van der Waals surface area contributed by atoms with Crippen molar-refractivity contribution in [2.45, 2.75) is 45.3 Å². The molecule has 1 aliphatic rings. The minimum atomic E-state index is -0.503. The van der Waals surface area contributed by atoms with E-state index in [0.717, 1.165) is 25.6 Å². The first kappa shape index (κ1) is 14.4. The summed E-state index contributed by atoms with van der Waals surface area (Å²) in [6, 6.07) is 4.17. The highest BCUT2D eigenvalue weighted by Gasteiger charge is 2.34. The molecule has 1 aliphatic heterocycles. The second kappa shape index (κ2) is 5.55. The maximum absolute atomic E-state index is 13.3. The van der Waals surface area contributed by atoms with E-state index in [1.807, 2.05) is 0 Å². The van der Waals surface area contributed by atoms with E-state index in [-0.39, 0.29) is 5.54 Å². The fraction of sp³-hybridized carbons (Fsp3) is 0.600. The number of halogens is 2. The third-order valence-corrected chi connectivity index (χ3v) is 4.15. The fourth-order valence-corrected chi connectivity index (χ4v) is 2.65. The average molecular weight is 268 g/mol. The summed E-state index contributed by atoms with van der Waals surface area (Å²) in [5.41, 5.74) is 0.737. The lowest BCUT2D eigenvalue weighted by atomic mass is 9.91. The summed E-state index contributed by atoms with van der Waals surface area (Å²) in [5.74, 6) is -1.01. The molecule has 4 heteroatoms. The van der Waals surface area contributed by atoms with Crippen LogP contribution in [0.5, 0.6) is 0 Å². The van der Waals surface area contributed by atoms with Crippen LogP contribution in [0.2, 0.25) is 0 Å². The Morgan fingerprint density at radius 3 is 2.53 bits per heavy atom. The second-order valence-corrected chi connectivity index (χ2v) is 5.79. The van der Waals surface area contributed by atoms with E-state index in [4.69, 9.17) is 0 Å². The topological polar surface area (TPSA) is 15.3 Å². The van der Waals surface area contributed by atoms with Gasteiger partial charge in [-0.05, 0) is 38.0 Å². The standard InChI is InChI=1S/C15H22F2N2/c1-4-15(3)10-18-11(2)8-19(15)9-12-5-13(16)7-14(17)6-12/h5-7,11,18H,4,8-10H2,1-3H3. The smallest absolute Gasteiger partial charge is 0.126 e. The summed E-state index contributed by atoms with van der Waals surface area (Å²) in [6.45, 7) is 8.86. The van der Waals surface area contributed by atoms with Crippen LogP contribution < -0.4 is 5.32 Å². The summed E-state index contributed by atoms with van der Waals surface area (Å²) in [4.78, 5) is 2.32. The molecule has 1 fully saturated rings. The summed E-state index contributed by atoms with van der Waals surface area (Å²) >= 11 is 0. The van der Waals surface area contributed by atoms with Crippen LogP contribution in [-0.4, -0.2) is 29.6 Å². The van der Waals surface area contributed by atoms with E-state index >= 15 is 0 Å². The normalized spacial score (nSPS) is 28.6. The molecule has 1 saturated heterocycles. The number of benzene rings is 1. The predicted molar refractivity (Wildman–Crippen MR) is 72.9 cm³/mol. The minimum Gasteiger partial charge on any atom is -0.311 e. The molecule has 0 aliphatic carbocycles. The lowest BCUT2D eigenvalue weighted by molar-refractivity contribution is 0.0452. The lowest BCUT2D eigenvalue weighted by Gasteiger charge is -2.47. The van der Waals surface area contributed by atoms with Gasteiger partial charge in [-0.25, -0.2) is 8.78 Å². The van der Waals surface area contributed by atoms with E-state index in [9.17, 15) is 8.78 Å². The summed E-state index contributed by atoms with van der Waals surface area (Å²) in [7, 11) is 0. The van der Waals surface area contributed by atoms with Gasteiger partial charge in [-0.15, -0.1) is 0 Å². The molecule has 2 atom stereocenters. The molecule has 19 heavy (non-hydrogen) atoms. The highest BCUT2D eigenvalue weighted by molar-refractivity contribution is 5.18. The van der Waals surface area contributed by atoms with Gasteiger partial charge < -0.3 is 5.32 Å². The molecule has 0 amide bonds. The summed E-state index contributed by atoms with van der Waals surface area (Å²) in [6.07, 6.45) is 1.00. The van der Waals surface area contributed by atoms with E-state index in [1.54, 1.807) is 0 Å². The Morgan fingerprint density at radius 2 is 1.95 bits per heavy atom. The quantitative estimate of drug-likeness (QED) is 0.906. The SMILES string of the molecule is CCC1(C)CNC(C)CN1Cc1cc(F)cc(F)c1. The largest absolute Gasteiger partial charge is 0.311 e. The third-order valence-electron chi connectivity index (χ3n) is 4.15. The van der Waals surface area contributed by atoms with Gasteiger partial charge in [0.25, 0.3) is 0 Å². The van der Waals surface area contributed by atoms with Crippen LogP contribution >= 0.6 is 0 Å². The van der Waals surface area contributed by atoms with Crippen molar-refractivity contribution in [1.29, 1.82) is 0 Å². The average Bonchev–Trinajstić information content (AvgIpc) is 2.33. The summed E-state index contributed by atoms with van der Waals surface area (Å²) < 4.78 is 26.5. The first-order valence-electron chi connectivity index (χ1n) is 6.86. The van der Waals surface area contributed by atoms with Crippen LogP contribution in [-0.2, 0) is 6.54 Å². The van der Waals surface area contributed by atoms with Gasteiger partial charge in [-0.1, -0.05) is 6.92 Å². The Morgan fingerprint density at radius 1 is 1.32 bits per heavy atom. The van der Waals surface area contributed by atoms with Crippen molar-refractivity contribution in [2.75, 3.05) is 13.1 Å². The predicted octanol–water partition coefficient (Wildman–Crippen LogP) is 2.93. The van der Waals surface area contributed by atoms with Gasteiger partial charge in [0.1, 0.15) is 11.6 Å². The van der Waals surface area contributed by atoms with Gasteiger partial charge in [0.15, 0.2) is 0 Å². The third kappa shape index (κ3) is 3.31. The van der Waals surface area contributed by atoms with Crippen molar-refractivity contribution < 1.29 is 8.78 Å². The molecule has 0 spiro atoms. The second-order valence-electron chi connectivity index (χ2n) is 5.79. The van der Waals surface area contributed by atoms with E-state index in [0.29, 0.717) is 18.2 Å². The molecule has 1 heterocycles. The van der Waals surface area contributed by atoms with E-state index in [1.165, 1.54) is 12.1 Å². The van der Waals surface area contributed by atoms with Crippen LogP contribution in [0, 0.1) is 11.6 Å².